The Morgan fingerprint density at radius 2 is 2.07 bits per heavy atom. The number of benzene rings is 1. The topological polar surface area (TPSA) is 75.8 Å². The van der Waals surface area contributed by atoms with Gasteiger partial charge in [0.2, 0.25) is 0 Å². The number of para-hydroxylation sites is 1. The van der Waals surface area contributed by atoms with Crippen molar-refractivity contribution in [3.05, 3.63) is 60.0 Å². The van der Waals surface area contributed by atoms with E-state index >= 15 is 0 Å². The Kier molecular flexibility index (Phi) is 7.68. The first-order chi connectivity index (χ1) is 13.8. The van der Waals surface area contributed by atoms with Gasteiger partial charge in [-0.2, -0.15) is 0 Å². The molecule has 1 aliphatic rings. The lowest BCUT2D eigenvalue weighted by Crippen LogP contribution is -2.41. The SMILES string of the molecule is CCNC(=NCCCc1nnc2ccccn12)NC1CCOc2ccccc21.I. The number of aryl methyl sites for hydroxylation is 1. The fraction of sp³-hybridized carbons (Fsp3) is 0.381. The van der Waals surface area contributed by atoms with E-state index in [1.807, 2.05) is 40.9 Å². The highest BCUT2D eigenvalue weighted by Crippen LogP contribution is 2.31. The van der Waals surface area contributed by atoms with Crippen molar-refractivity contribution < 1.29 is 4.74 Å². The van der Waals surface area contributed by atoms with Crippen LogP contribution in [0.5, 0.6) is 5.75 Å². The summed E-state index contributed by atoms with van der Waals surface area (Å²) in [6.45, 7) is 4.35. The molecular weight excluding hydrogens is 479 g/mol. The lowest BCUT2D eigenvalue weighted by Gasteiger charge is -2.28. The van der Waals surface area contributed by atoms with E-state index in [4.69, 9.17) is 9.73 Å². The average Bonchev–Trinajstić information content (AvgIpc) is 3.15. The van der Waals surface area contributed by atoms with Crippen LogP contribution in [0.4, 0.5) is 0 Å². The van der Waals surface area contributed by atoms with E-state index in [1.165, 1.54) is 5.56 Å². The largest absolute Gasteiger partial charge is 0.493 e. The molecule has 0 spiro atoms. The molecule has 0 amide bonds. The van der Waals surface area contributed by atoms with E-state index in [-0.39, 0.29) is 30.0 Å². The summed E-state index contributed by atoms with van der Waals surface area (Å²) in [6.07, 6.45) is 4.68. The lowest BCUT2D eigenvalue weighted by atomic mass is 10.0. The summed E-state index contributed by atoms with van der Waals surface area (Å²) in [5.41, 5.74) is 2.07. The Morgan fingerprint density at radius 3 is 2.97 bits per heavy atom. The quantitative estimate of drug-likeness (QED) is 0.232. The number of nitrogens with zero attached hydrogens (tertiary/aromatic N) is 4. The summed E-state index contributed by atoms with van der Waals surface area (Å²) in [4.78, 5) is 4.76. The van der Waals surface area contributed by atoms with Gasteiger partial charge in [-0.15, -0.1) is 34.2 Å². The zero-order chi connectivity index (χ0) is 19.2. The molecule has 2 aromatic heterocycles. The van der Waals surface area contributed by atoms with Crippen molar-refractivity contribution >= 4 is 35.6 Å². The normalized spacial score (nSPS) is 15.9. The summed E-state index contributed by atoms with van der Waals surface area (Å²) in [6, 6.07) is 14.3. The van der Waals surface area contributed by atoms with Gasteiger partial charge in [-0.25, -0.2) is 0 Å². The predicted octanol–water partition coefficient (Wildman–Crippen LogP) is 3.36. The van der Waals surface area contributed by atoms with Crippen molar-refractivity contribution in [2.45, 2.75) is 32.2 Å². The lowest BCUT2D eigenvalue weighted by molar-refractivity contribution is 0.261. The maximum absolute atomic E-state index is 5.75. The number of aliphatic imine (C=N–C) groups is 1. The van der Waals surface area contributed by atoms with E-state index in [9.17, 15) is 0 Å². The number of aromatic nitrogens is 3. The number of fused-ring (bicyclic) bond motifs is 2. The molecule has 0 saturated carbocycles. The maximum Gasteiger partial charge on any atom is 0.191 e. The fourth-order valence-electron chi connectivity index (χ4n) is 3.47. The fourth-order valence-corrected chi connectivity index (χ4v) is 3.47. The minimum Gasteiger partial charge on any atom is -0.493 e. The van der Waals surface area contributed by atoms with Gasteiger partial charge in [0.15, 0.2) is 11.6 Å². The zero-order valence-electron chi connectivity index (χ0n) is 16.5. The zero-order valence-corrected chi connectivity index (χ0v) is 18.9. The van der Waals surface area contributed by atoms with Crippen LogP contribution in [0.25, 0.3) is 5.65 Å². The van der Waals surface area contributed by atoms with Crippen molar-refractivity contribution in [3.8, 4) is 5.75 Å². The third-order valence-corrected chi connectivity index (χ3v) is 4.83. The maximum atomic E-state index is 5.75. The van der Waals surface area contributed by atoms with Crippen molar-refractivity contribution in [1.82, 2.24) is 25.2 Å². The van der Waals surface area contributed by atoms with Crippen LogP contribution in [0, 0.1) is 0 Å². The second-order valence-corrected chi connectivity index (χ2v) is 6.78. The van der Waals surface area contributed by atoms with Gasteiger partial charge < -0.3 is 15.4 Å². The second kappa shape index (κ2) is 10.4. The number of pyridine rings is 1. The third-order valence-electron chi connectivity index (χ3n) is 4.83. The molecule has 3 aromatic rings. The summed E-state index contributed by atoms with van der Waals surface area (Å²) in [7, 11) is 0. The Morgan fingerprint density at radius 1 is 1.21 bits per heavy atom. The highest BCUT2D eigenvalue weighted by molar-refractivity contribution is 14.0. The standard InChI is InChI=1S/C21H26N6O.HI/c1-2-22-21(24-17-12-15-28-18-9-4-3-8-16(17)18)23-13-7-11-20-26-25-19-10-5-6-14-27(19)20;/h3-6,8-10,14,17H,2,7,11-13,15H2,1H3,(H2,22,23,24);1H. The number of nitrogens with one attached hydrogen (secondary N) is 2. The van der Waals surface area contributed by atoms with Crippen LogP contribution in [0.15, 0.2) is 53.7 Å². The third kappa shape index (κ3) is 5.17. The molecule has 3 heterocycles. The minimum absolute atomic E-state index is 0. The van der Waals surface area contributed by atoms with Gasteiger partial charge >= 0.3 is 0 Å². The molecule has 0 aliphatic carbocycles. The number of hydrogen-bond donors (Lipinski definition) is 2. The van der Waals surface area contributed by atoms with E-state index in [0.717, 1.165) is 55.5 Å². The molecule has 0 saturated heterocycles. The number of guanidine groups is 1. The van der Waals surface area contributed by atoms with Crippen LogP contribution in [0.3, 0.4) is 0 Å². The highest BCUT2D eigenvalue weighted by Gasteiger charge is 2.21. The average molecular weight is 506 g/mol. The monoisotopic (exact) mass is 506 g/mol. The molecule has 0 bridgehead atoms. The van der Waals surface area contributed by atoms with Crippen molar-refractivity contribution in [1.29, 1.82) is 0 Å². The van der Waals surface area contributed by atoms with Crippen LogP contribution in [0.1, 0.15) is 37.2 Å². The van der Waals surface area contributed by atoms with Crippen molar-refractivity contribution in [2.75, 3.05) is 19.7 Å². The van der Waals surface area contributed by atoms with Crippen LogP contribution in [0.2, 0.25) is 0 Å². The van der Waals surface area contributed by atoms with Gasteiger partial charge in [-0.3, -0.25) is 9.39 Å². The molecule has 1 aromatic carbocycles. The number of halogens is 1. The first-order valence-electron chi connectivity index (χ1n) is 9.90. The van der Waals surface area contributed by atoms with Gasteiger partial charge in [0, 0.05) is 37.7 Å². The minimum atomic E-state index is 0. The Balaban J connectivity index is 0.00000240. The molecule has 7 nitrogen and oxygen atoms in total. The molecule has 8 heteroatoms. The molecule has 29 heavy (non-hydrogen) atoms. The van der Waals surface area contributed by atoms with Crippen LogP contribution in [-0.2, 0) is 6.42 Å². The molecule has 1 atom stereocenters. The summed E-state index contributed by atoms with van der Waals surface area (Å²) >= 11 is 0. The van der Waals surface area contributed by atoms with E-state index in [1.54, 1.807) is 0 Å². The van der Waals surface area contributed by atoms with E-state index < -0.39 is 0 Å². The second-order valence-electron chi connectivity index (χ2n) is 6.78. The molecule has 2 N–H and O–H groups in total. The summed E-state index contributed by atoms with van der Waals surface area (Å²) in [5.74, 6) is 2.78. The number of ether oxygens (including phenoxy) is 1. The molecule has 1 unspecified atom stereocenters. The van der Waals surface area contributed by atoms with Gasteiger partial charge in [0.05, 0.1) is 12.6 Å². The van der Waals surface area contributed by atoms with E-state index in [0.29, 0.717) is 6.61 Å². The molecule has 1 aliphatic heterocycles. The number of rotatable bonds is 6. The van der Waals surface area contributed by atoms with Gasteiger partial charge in [-0.1, -0.05) is 24.3 Å². The van der Waals surface area contributed by atoms with Crippen LogP contribution < -0.4 is 15.4 Å². The smallest absolute Gasteiger partial charge is 0.191 e. The molecule has 0 fully saturated rings. The first-order valence-corrected chi connectivity index (χ1v) is 9.90. The van der Waals surface area contributed by atoms with Crippen LogP contribution >= 0.6 is 24.0 Å². The molecular formula is C21H27IN6O. The van der Waals surface area contributed by atoms with Crippen molar-refractivity contribution in [3.63, 3.8) is 0 Å². The molecule has 0 radical (unpaired) electrons. The highest BCUT2D eigenvalue weighted by atomic mass is 127. The number of hydrogen-bond acceptors (Lipinski definition) is 4. The Labute approximate surface area is 188 Å². The molecule has 154 valence electrons. The summed E-state index contributed by atoms with van der Waals surface area (Å²) < 4.78 is 7.79. The predicted molar refractivity (Wildman–Crippen MR) is 125 cm³/mol. The Bertz CT molecular complexity index is 957. The van der Waals surface area contributed by atoms with Crippen LogP contribution in [-0.4, -0.2) is 40.3 Å². The van der Waals surface area contributed by atoms with Gasteiger partial charge in [0.25, 0.3) is 0 Å². The van der Waals surface area contributed by atoms with Gasteiger partial charge in [-0.05, 0) is 31.5 Å². The summed E-state index contributed by atoms with van der Waals surface area (Å²) in [5, 5.41) is 15.4. The van der Waals surface area contributed by atoms with Gasteiger partial charge in [0.1, 0.15) is 11.6 Å². The molecule has 4 rings (SSSR count). The Hall–Kier alpha value is -2.36. The first kappa shape index (κ1) is 21.4. The van der Waals surface area contributed by atoms with Crippen molar-refractivity contribution in [2.24, 2.45) is 4.99 Å². The van der Waals surface area contributed by atoms with E-state index in [2.05, 4.69) is 39.9 Å².